The van der Waals surface area contributed by atoms with Crippen LogP contribution in [0.3, 0.4) is 0 Å². The van der Waals surface area contributed by atoms with Gasteiger partial charge in [0.15, 0.2) is 0 Å². The number of H-pyrrole nitrogens is 1. The minimum absolute atomic E-state index is 0.00548. The second kappa shape index (κ2) is 7.20. The molecular weight excluding hydrogens is 326 g/mol. The van der Waals surface area contributed by atoms with Gasteiger partial charge in [-0.25, -0.2) is 4.98 Å². The van der Waals surface area contributed by atoms with Crippen LogP contribution < -0.4 is 4.74 Å². The fourth-order valence-corrected chi connectivity index (χ4v) is 3.50. The van der Waals surface area contributed by atoms with Gasteiger partial charge in [0.05, 0.1) is 23.7 Å². The number of nitrogens with zero attached hydrogens (tertiary/aromatic N) is 2. The number of likely N-dealkylation sites (tertiary alicyclic amines) is 1. The molecule has 0 radical (unpaired) electrons. The first kappa shape index (κ1) is 16.6. The van der Waals surface area contributed by atoms with Crippen molar-refractivity contribution in [1.29, 1.82) is 0 Å². The fraction of sp³-hybridized carbons (Fsp3) is 0.333. The first-order chi connectivity index (χ1) is 12.8. The van der Waals surface area contributed by atoms with Gasteiger partial charge in [-0.3, -0.25) is 4.79 Å². The number of aromatic nitrogens is 2. The number of nitrogens with one attached hydrogen (secondary N) is 1. The minimum atomic E-state index is 0.00548. The van der Waals surface area contributed by atoms with E-state index in [9.17, 15) is 4.79 Å². The molecule has 1 aliphatic heterocycles. The minimum Gasteiger partial charge on any atom is -0.494 e. The fourth-order valence-electron chi connectivity index (χ4n) is 3.50. The maximum Gasteiger partial charge on any atom is 0.254 e. The van der Waals surface area contributed by atoms with Crippen LogP contribution in [0.5, 0.6) is 5.75 Å². The molecule has 1 saturated heterocycles. The van der Waals surface area contributed by atoms with E-state index in [-0.39, 0.29) is 11.9 Å². The molecule has 1 amide bonds. The number of hydrogen-bond acceptors (Lipinski definition) is 3. The van der Waals surface area contributed by atoms with Crippen molar-refractivity contribution < 1.29 is 9.53 Å². The zero-order valence-electron chi connectivity index (χ0n) is 14.9. The molecule has 0 aliphatic carbocycles. The van der Waals surface area contributed by atoms with Crippen LogP contribution in [-0.4, -0.2) is 33.9 Å². The molecule has 0 saturated carbocycles. The van der Waals surface area contributed by atoms with Crippen molar-refractivity contribution in [1.82, 2.24) is 14.9 Å². The van der Waals surface area contributed by atoms with Crippen molar-refractivity contribution in [2.75, 3.05) is 13.2 Å². The number of carbonyl (C=O) groups is 1. The lowest BCUT2D eigenvalue weighted by atomic mass is 10.1. The Morgan fingerprint density at radius 3 is 2.81 bits per heavy atom. The van der Waals surface area contributed by atoms with Gasteiger partial charge in [0.1, 0.15) is 11.6 Å². The van der Waals surface area contributed by atoms with Crippen LogP contribution in [0.2, 0.25) is 0 Å². The lowest BCUT2D eigenvalue weighted by Gasteiger charge is -2.23. The molecule has 4 rings (SSSR count). The summed E-state index contributed by atoms with van der Waals surface area (Å²) in [4.78, 5) is 23.0. The van der Waals surface area contributed by atoms with Gasteiger partial charge in [-0.2, -0.15) is 0 Å². The van der Waals surface area contributed by atoms with Gasteiger partial charge in [-0.1, -0.05) is 19.1 Å². The summed E-state index contributed by atoms with van der Waals surface area (Å²) >= 11 is 0. The monoisotopic (exact) mass is 349 g/mol. The van der Waals surface area contributed by atoms with E-state index in [0.29, 0.717) is 12.2 Å². The number of amides is 1. The summed E-state index contributed by atoms with van der Waals surface area (Å²) in [6, 6.07) is 15.4. The predicted octanol–water partition coefficient (Wildman–Crippen LogP) is 4.33. The third kappa shape index (κ3) is 3.17. The van der Waals surface area contributed by atoms with E-state index in [1.165, 1.54) is 0 Å². The molecule has 1 atom stereocenters. The molecule has 26 heavy (non-hydrogen) atoms. The average molecular weight is 349 g/mol. The van der Waals surface area contributed by atoms with Gasteiger partial charge in [0, 0.05) is 12.1 Å². The highest BCUT2D eigenvalue weighted by Crippen LogP contribution is 2.32. The summed E-state index contributed by atoms with van der Waals surface area (Å²) in [6.45, 7) is 3.52. The number of rotatable bonds is 5. The molecule has 3 aromatic rings. The second-order valence-corrected chi connectivity index (χ2v) is 6.67. The first-order valence-corrected chi connectivity index (χ1v) is 9.24. The predicted molar refractivity (Wildman–Crippen MR) is 101 cm³/mol. The van der Waals surface area contributed by atoms with Crippen LogP contribution in [0.25, 0.3) is 11.0 Å². The molecule has 2 aromatic carbocycles. The van der Waals surface area contributed by atoms with Gasteiger partial charge in [-0.15, -0.1) is 0 Å². The quantitative estimate of drug-likeness (QED) is 0.746. The Morgan fingerprint density at radius 2 is 2.04 bits per heavy atom. The lowest BCUT2D eigenvalue weighted by Crippen LogP contribution is -2.31. The molecule has 5 heteroatoms. The van der Waals surface area contributed by atoms with Crippen LogP contribution in [0.4, 0.5) is 0 Å². The Labute approximate surface area is 153 Å². The summed E-state index contributed by atoms with van der Waals surface area (Å²) in [5.41, 5.74) is 2.65. The zero-order chi connectivity index (χ0) is 17.9. The average Bonchev–Trinajstić information content (AvgIpc) is 3.32. The second-order valence-electron chi connectivity index (χ2n) is 6.67. The van der Waals surface area contributed by atoms with Crippen molar-refractivity contribution in [2.45, 2.75) is 32.2 Å². The van der Waals surface area contributed by atoms with E-state index < -0.39 is 0 Å². The van der Waals surface area contributed by atoms with Crippen molar-refractivity contribution in [3.63, 3.8) is 0 Å². The number of imidazole rings is 1. The summed E-state index contributed by atoms with van der Waals surface area (Å²) in [5.74, 6) is 1.73. The lowest BCUT2D eigenvalue weighted by molar-refractivity contribution is 0.0730. The van der Waals surface area contributed by atoms with Crippen LogP contribution in [0, 0.1) is 0 Å². The molecule has 1 aliphatic rings. The van der Waals surface area contributed by atoms with E-state index in [2.05, 4.69) is 11.9 Å². The van der Waals surface area contributed by atoms with Crippen molar-refractivity contribution in [3.8, 4) is 5.75 Å². The van der Waals surface area contributed by atoms with Gasteiger partial charge in [-0.05, 0) is 55.7 Å². The van der Waals surface area contributed by atoms with E-state index in [1.54, 1.807) is 0 Å². The smallest absolute Gasteiger partial charge is 0.254 e. The molecule has 0 spiro atoms. The van der Waals surface area contributed by atoms with Crippen LogP contribution in [0.15, 0.2) is 48.5 Å². The van der Waals surface area contributed by atoms with Crippen LogP contribution in [-0.2, 0) is 0 Å². The van der Waals surface area contributed by atoms with E-state index in [4.69, 9.17) is 9.72 Å². The summed E-state index contributed by atoms with van der Waals surface area (Å²) in [6.07, 6.45) is 2.89. The van der Waals surface area contributed by atoms with Gasteiger partial charge < -0.3 is 14.6 Å². The number of para-hydroxylation sites is 2. The highest BCUT2D eigenvalue weighted by molar-refractivity contribution is 5.94. The maximum atomic E-state index is 13.0. The molecule has 2 heterocycles. The number of benzene rings is 2. The third-order valence-corrected chi connectivity index (χ3v) is 4.81. The summed E-state index contributed by atoms with van der Waals surface area (Å²) < 4.78 is 5.60. The molecule has 1 N–H and O–H groups in total. The number of fused-ring (bicyclic) bond motifs is 1. The Morgan fingerprint density at radius 1 is 1.23 bits per heavy atom. The van der Waals surface area contributed by atoms with Gasteiger partial charge in [0.25, 0.3) is 5.91 Å². The Kier molecular flexibility index (Phi) is 4.61. The highest BCUT2D eigenvalue weighted by Gasteiger charge is 2.32. The van der Waals surface area contributed by atoms with E-state index in [0.717, 1.165) is 48.4 Å². The van der Waals surface area contributed by atoms with Crippen LogP contribution >= 0.6 is 0 Å². The Balaban J connectivity index is 1.54. The Bertz CT molecular complexity index is 868. The summed E-state index contributed by atoms with van der Waals surface area (Å²) in [5, 5.41) is 0. The van der Waals surface area contributed by atoms with E-state index >= 15 is 0 Å². The highest BCUT2D eigenvalue weighted by atomic mass is 16.5. The van der Waals surface area contributed by atoms with Crippen molar-refractivity contribution in [2.24, 2.45) is 0 Å². The van der Waals surface area contributed by atoms with Crippen LogP contribution in [0.1, 0.15) is 48.4 Å². The summed E-state index contributed by atoms with van der Waals surface area (Å²) in [7, 11) is 0. The zero-order valence-corrected chi connectivity index (χ0v) is 14.9. The van der Waals surface area contributed by atoms with Crippen molar-refractivity contribution in [3.05, 3.63) is 59.9 Å². The van der Waals surface area contributed by atoms with Gasteiger partial charge >= 0.3 is 0 Å². The molecule has 1 fully saturated rings. The molecule has 1 unspecified atom stereocenters. The number of aromatic amines is 1. The number of hydrogen-bond donors (Lipinski definition) is 1. The molecule has 134 valence electrons. The standard InChI is InChI=1S/C21H23N3O2/c1-2-14-26-16-11-9-15(10-12-16)21(25)24-13-5-8-19(24)20-22-17-6-3-4-7-18(17)23-20/h3-4,6-7,9-12,19H,2,5,8,13-14H2,1H3,(H,22,23). The SMILES string of the molecule is CCCOc1ccc(C(=O)N2CCCC2c2nc3ccccc3[nH]2)cc1. The molecule has 0 bridgehead atoms. The maximum absolute atomic E-state index is 13.0. The Hall–Kier alpha value is -2.82. The normalized spacial score (nSPS) is 17.0. The largest absolute Gasteiger partial charge is 0.494 e. The number of ether oxygens (including phenoxy) is 1. The van der Waals surface area contributed by atoms with E-state index in [1.807, 2.05) is 53.4 Å². The first-order valence-electron chi connectivity index (χ1n) is 9.24. The third-order valence-electron chi connectivity index (χ3n) is 4.81. The molecule has 1 aromatic heterocycles. The van der Waals surface area contributed by atoms with Crippen molar-refractivity contribution >= 4 is 16.9 Å². The topological polar surface area (TPSA) is 58.2 Å². The molecular formula is C21H23N3O2. The number of carbonyl (C=O) groups excluding carboxylic acids is 1. The molecule has 5 nitrogen and oxygen atoms in total. The van der Waals surface area contributed by atoms with Gasteiger partial charge in [0.2, 0.25) is 0 Å².